The van der Waals surface area contributed by atoms with Crippen LogP contribution in [0.4, 0.5) is 13.2 Å². The first kappa shape index (κ1) is 31.7. The summed E-state index contributed by atoms with van der Waals surface area (Å²) in [4.78, 5) is 40.5. The minimum Gasteiger partial charge on any atom is -0.463 e. The van der Waals surface area contributed by atoms with Gasteiger partial charge in [0.15, 0.2) is 35.4 Å². The molecule has 0 N–H and O–H groups in total. The van der Waals surface area contributed by atoms with Crippen molar-refractivity contribution in [3.63, 3.8) is 0 Å². The number of pyridine rings is 1. The third-order valence-corrected chi connectivity index (χ3v) is 7.34. The lowest BCUT2D eigenvalue weighted by molar-refractivity contribution is -0.212. The highest BCUT2D eigenvalue weighted by molar-refractivity contribution is 7.99. The fourth-order valence-electron chi connectivity index (χ4n) is 4.24. The van der Waals surface area contributed by atoms with E-state index in [0.29, 0.717) is 17.0 Å². The Morgan fingerprint density at radius 1 is 1.07 bits per heavy atom. The van der Waals surface area contributed by atoms with Crippen molar-refractivity contribution < 1.29 is 46.5 Å². The second kappa shape index (κ2) is 13.4. The summed E-state index contributed by atoms with van der Waals surface area (Å²) in [5.74, 6) is -6.79. The second-order valence-corrected chi connectivity index (χ2v) is 10.6. The van der Waals surface area contributed by atoms with Gasteiger partial charge in [0, 0.05) is 37.4 Å². The Morgan fingerprint density at radius 2 is 1.72 bits per heavy atom. The molecule has 17 heteroatoms. The maximum absolute atomic E-state index is 14.0. The van der Waals surface area contributed by atoms with Gasteiger partial charge in [-0.1, -0.05) is 28.6 Å². The zero-order valence-electron chi connectivity index (χ0n) is 22.5. The molecule has 1 aliphatic heterocycles. The molecule has 4 rings (SSSR count). The summed E-state index contributed by atoms with van der Waals surface area (Å²) in [5.41, 5.74) is -1.41. The molecule has 0 saturated carbocycles. The minimum absolute atomic E-state index is 0.0311. The Kier molecular flexibility index (Phi) is 9.89. The second-order valence-electron chi connectivity index (χ2n) is 9.05. The molecule has 3 heterocycles. The maximum atomic E-state index is 14.0. The molecule has 2 unspecified atom stereocenters. The van der Waals surface area contributed by atoms with Crippen molar-refractivity contribution in [2.45, 2.75) is 55.5 Å². The van der Waals surface area contributed by atoms with E-state index in [0.717, 1.165) is 37.2 Å². The highest BCUT2D eigenvalue weighted by atomic mass is 35.5. The van der Waals surface area contributed by atoms with Crippen LogP contribution in [0, 0.1) is 28.8 Å². The summed E-state index contributed by atoms with van der Waals surface area (Å²) in [6.07, 6.45) is -1.19. The third kappa shape index (κ3) is 7.42. The number of thioether (sulfide) groups is 1. The zero-order chi connectivity index (χ0) is 31.4. The van der Waals surface area contributed by atoms with E-state index >= 15 is 0 Å². The van der Waals surface area contributed by atoms with Crippen LogP contribution in [0.5, 0.6) is 0 Å². The van der Waals surface area contributed by atoms with Crippen LogP contribution in [0.25, 0.3) is 11.3 Å². The standard InChI is InChI=1S/C26H21ClF3N5O7S/c1-11(36)39-10-21-24(40-12(2)37)23(35-9-20(33-34-35)14-4-17(28)22(30)18(29)5-14)25(41-13(3)38)26(42-21)43-15-6-16(27)19(7-31)32-8-15/h4-6,8-9,21,23-26H,10H2,1-3H3/t21?,23-,24-,25?,26+/m0/s1. The van der Waals surface area contributed by atoms with Gasteiger partial charge in [-0.05, 0) is 18.2 Å². The van der Waals surface area contributed by atoms with E-state index in [-0.39, 0.29) is 22.0 Å². The van der Waals surface area contributed by atoms with Crippen LogP contribution < -0.4 is 0 Å². The van der Waals surface area contributed by atoms with Gasteiger partial charge in [0.05, 0.1) is 11.2 Å². The predicted octanol–water partition coefficient (Wildman–Crippen LogP) is 3.77. The molecule has 1 aliphatic rings. The molecule has 2 aromatic heterocycles. The Morgan fingerprint density at radius 3 is 2.30 bits per heavy atom. The molecule has 1 saturated heterocycles. The highest BCUT2D eigenvalue weighted by Gasteiger charge is 2.52. The van der Waals surface area contributed by atoms with Gasteiger partial charge in [0.1, 0.15) is 36.0 Å². The lowest BCUT2D eigenvalue weighted by Gasteiger charge is -2.44. The Labute approximate surface area is 251 Å². The quantitative estimate of drug-likeness (QED) is 0.200. The first-order chi connectivity index (χ1) is 20.4. The van der Waals surface area contributed by atoms with Crippen molar-refractivity contribution in [2.75, 3.05) is 6.61 Å². The van der Waals surface area contributed by atoms with Gasteiger partial charge in [-0.3, -0.25) is 14.4 Å². The van der Waals surface area contributed by atoms with Crippen molar-refractivity contribution in [2.24, 2.45) is 0 Å². The number of benzene rings is 1. The van der Waals surface area contributed by atoms with Gasteiger partial charge in [-0.25, -0.2) is 22.8 Å². The molecule has 0 radical (unpaired) electrons. The van der Waals surface area contributed by atoms with Gasteiger partial charge in [-0.15, -0.1) is 5.10 Å². The molecule has 1 aromatic carbocycles. The normalized spacial score (nSPS) is 21.5. The number of nitrogens with zero attached hydrogens (tertiary/aromatic N) is 5. The highest BCUT2D eigenvalue weighted by Crippen LogP contribution is 2.42. The number of rotatable bonds is 8. The first-order valence-electron chi connectivity index (χ1n) is 12.3. The van der Waals surface area contributed by atoms with Crippen molar-refractivity contribution in [3.8, 4) is 17.3 Å². The summed E-state index contributed by atoms with van der Waals surface area (Å²) in [6.45, 7) is 2.99. The Hall–Kier alpha value is -4.20. The summed E-state index contributed by atoms with van der Waals surface area (Å²) in [5, 5.41) is 17.1. The van der Waals surface area contributed by atoms with E-state index in [1.165, 1.54) is 18.5 Å². The molecule has 3 aromatic rings. The fraction of sp³-hybridized carbons (Fsp3) is 0.346. The van der Waals surface area contributed by atoms with E-state index in [1.54, 1.807) is 0 Å². The molecular formula is C26H21ClF3N5O7S. The van der Waals surface area contributed by atoms with Crippen LogP contribution in [0.3, 0.4) is 0 Å². The smallest absolute Gasteiger partial charge is 0.303 e. The van der Waals surface area contributed by atoms with Crippen LogP contribution in [-0.2, 0) is 33.3 Å². The van der Waals surface area contributed by atoms with Crippen molar-refractivity contribution in [1.29, 1.82) is 5.26 Å². The average molecular weight is 640 g/mol. The lowest BCUT2D eigenvalue weighted by atomic mass is 9.96. The fourth-order valence-corrected chi connectivity index (χ4v) is 5.63. The van der Waals surface area contributed by atoms with Crippen LogP contribution >= 0.6 is 23.4 Å². The van der Waals surface area contributed by atoms with Gasteiger partial charge in [0.2, 0.25) is 0 Å². The van der Waals surface area contributed by atoms with Gasteiger partial charge in [-0.2, -0.15) is 5.26 Å². The molecule has 0 bridgehead atoms. The molecule has 5 atom stereocenters. The van der Waals surface area contributed by atoms with E-state index in [1.807, 2.05) is 6.07 Å². The van der Waals surface area contributed by atoms with Crippen LogP contribution in [0.1, 0.15) is 32.5 Å². The summed E-state index contributed by atoms with van der Waals surface area (Å²) < 4.78 is 65.1. The van der Waals surface area contributed by atoms with E-state index in [2.05, 4.69) is 15.3 Å². The van der Waals surface area contributed by atoms with Gasteiger partial charge < -0.3 is 18.9 Å². The largest absolute Gasteiger partial charge is 0.463 e. The maximum Gasteiger partial charge on any atom is 0.303 e. The third-order valence-electron chi connectivity index (χ3n) is 5.94. The van der Waals surface area contributed by atoms with Gasteiger partial charge in [0.25, 0.3) is 0 Å². The summed E-state index contributed by atoms with van der Waals surface area (Å²) in [7, 11) is 0. The summed E-state index contributed by atoms with van der Waals surface area (Å²) in [6, 6.07) is 3.49. The molecule has 0 amide bonds. The zero-order valence-corrected chi connectivity index (χ0v) is 24.1. The molecule has 0 aliphatic carbocycles. The monoisotopic (exact) mass is 639 g/mol. The molecule has 43 heavy (non-hydrogen) atoms. The number of hydrogen-bond donors (Lipinski definition) is 0. The number of nitriles is 1. The molecule has 226 valence electrons. The van der Waals surface area contributed by atoms with Gasteiger partial charge >= 0.3 is 17.9 Å². The van der Waals surface area contributed by atoms with Crippen molar-refractivity contribution in [3.05, 3.63) is 58.8 Å². The number of aromatic nitrogens is 4. The number of esters is 3. The number of hydrogen-bond acceptors (Lipinski definition) is 12. The molecule has 0 spiro atoms. The Balaban J connectivity index is 1.82. The van der Waals surface area contributed by atoms with E-state index in [4.69, 9.17) is 35.8 Å². The number of carbonyl (C=O) groups is 3. The van der Waals surface area contributed by atoms with E-state index < -0.39 is 71.8 Å². The Bertz CT molecular complexity index is 1580. The predicted molar refractivity (Wildman–Crippen MR) is 141 cm³/mol. The molecular weight excluding hydrogens is 619 g/mol. The SMILES string of the molecule is CC(=O)OCC1O[C@H](Sc2cnc(C#N)c(Cl)c2)C(OC(C)=O)[C@@H](n2cc(-c3cc(F)c(F)c(F)c3)nn2)[C@H]1OC(C)=O. The van der Waals surface area contributed by atoms with Crippen LogP contribution in [0.15, 0.2) is 35.5 Å². The van der Waals surface area contributed by atoms with Crippen molar-refractivity contribution in [1.82, 2.24) is 20.0 Å². The number of ether oxygens (including phenoxy) is 4. The van der Waals surface area contributed by atoms with Crippen molar-refractivity contribution >= 4 is 41.3 Å². The molecule has 12 nitrogen and oxygen atoms in total. The topological polar surface area (TPSA) is 156 Å². The lowest BCUT2D eigenvalue weighted by Crippen LogP contribution is -2.57. The van der Waals surface area contributed by atoms with E-state index in [9.17, 15) is 27.6 Å². The summed E-state index contributed by atoms with van der Waals surface area (Å²) >= 11 is 7.12. The number of carbonyl (C=O) groups excluding carboxylic acids is 3. The molecule has 1 fully saturated rings. The van der Waals surface area contributed by atoms with Crippen LogP contribution in [-0.4, -0.2) is 68.2 Å². The number of halogens is 4. The minimum atomic E-state index is -1.67. The average Bonchev–Trinajstić information content (AvgIpc) is 3.41. The van der Waals surface area contributed by atoms with Crippen LogP contribution in [0.2, 0.25) is 5.02 Å². The first-order valence-corrected chi connectivity index (χ1v) is 13.6.